The van der Waals surface area contributed by atoms with E-state index in [-0.39, 0.29) is 24.3 Å². The lowest BCUT2D eigenvalue weighted by Gasteiger charge is -2.29. The fourth-order valence-corrected chi connectivity index (χ4v) is 3.98. The molecular formula is C22H24N4O3. The van der Waals surface area contributed by atoms with Crippen molar-refractivity contribution in [3.63, 3.8) is 0 Å². The number of nitrogens with one attached hydrogen (secondary N) is 2. The molecule has 1 fully saturated rings. The van der Waals surface area contributed by atoms with Crippen molar-refractivity contribution in [2.24, 2.45) is 5.73 Å². The molecule has 0 bridgehead atoms. The zero-order valence-corrected chi connectivity index (χ0v) is 16.1. The van der Waals surface area contributed by atoms with E-state index in [1.807, 2.05) is 48.5 Å². The Morgan fingerprint density at radius 3 is 2.66 bits per heavy atom. The molecule has 0 saturated carbocycles. The molecule has 2 heterocycles. The summed E-state index contributed by atoms with van der Waals surface area (Å²) < 4.78 is 0. The number of hydrogen-bond donors (Lipinski definition) is 3. The van der Waals surface area contributed by atoms with Gasteiger partial charge in [-0.1, -0.05) is 42.5 Å². The van der Waals surface area contributed by atoms with Crippen LogP contribution in [0.5, 0.6) is 0 Å². The minimum atomic E-state index is -0.589. The van der Waals surface area contributed by atoms with E-state index < -0.39 is 11.9 Å². The van der Waals surface area contributed by atoms with Crippen molar-refractivity contribution in [3.8, 4) is 0 Å². The van der Waals surface area contributed by atoms with Gasteiger partial charge in [-0.2, -0.15) is 0 Å². The monoisotopic (exact) mass is 392 g/mol. The van der Waals surface area contributed by atoms with E-state index >= 15 is 0 Å². The van der Waals surface area contributed by atoms with Gasteiger partial charge in [0.15, 0.2) is 0 Å². The number of nitrogens with two attached hydrogens (primary N) is 1. The average Bonchev–Trinajstić information content (AvgIpc) is 3.05. The molecule has 4 N–H and O–H groups in total. The third kappa shape index (κ3) is 3.92. The molecule has 2 aromatic rings. The summed E-state index contributed by atoms with van der Waals surface area (Å²) in [6, 6.07) is 15.3. The molecule has 0 aromatic heterocycles. The summed E-state index contributed by atoms with van der Waals surface area (Å²) in [6.07, 6.45) is 0.625. The maximum absolute atomic E-state index is 12.9. The molecule has 0 radical (unpaired) electrons. The Bertz CT molecular complexity index is 944. The van der Waals surface area contributed by atoms with E-state index in [9.17, 15) is 14.4 Å². The highest BCUT2D eigenvalue weighted by molar-refractivity contribution is 6.05. The Kier molecular flexibility index (Phi) is 5.42. The number of carbonyl (C=O) groups excluding carboxylic acids is 3. The lowest BCUT2D eigenvalue weighted by molar-refractivity contribution is -0.136. The Balaban J connectivity index is 1.45. The molecule has 2 atom stereocenters. The molecule has 7 heteroatoms. The highest BCUT2D eigenvalue weighted by atomic mass is 16.2. The molecule has 2 aromatic carbocycles. The van der Waals surface area contributed by atoms with Crippen molar-refractivity contribution in [2.75, 3.05) is 6.54 Å². The van der Waals surface area contributed by atoms with Crippen LogP contribution >= 0.6 is 0 Å². The van der Waals surface area contributed by atoms with Crippen LogP contribution in [0.25, 0.3) is 0 Å². The third-order valence-electron chi connectivity index (χ3n) is 5.58. The second kappa shape index (κ2) is 8.14. The van der Waals surface area contributed by atoms with Gasteiger partial charge in [0.2, 0.25) is 11.8 Å². The molecular weight excluding hydrogens is 368 g/mol. The van der Waals surface area contributed by atoms with Gasteiger partial charge in [-0.25, -0.2) is 0 Å². The summed E-state index contributed by atoms with van der Waals surface area (Å²) in [5.74, 6) is -0.829. The van der Waals surface area contributed by atoms with Gasteiger partial charge in [-0.05, 0) is 29.2 Å². The molecule has 0 aliphatic carbocycles. The van der Waals surface area contributed by atoms with Crippen molar-refractivity contribution in [2.45, 2.75) is 38.0 Å². The van der Waals surface area contributed by atoms with Crippen LogP contribution in [0.4, 0.5) is 0 Å². The maximum atomic E-state index is 12.9. The van der Waals surface area contributed by atoms with Gasteiger partial charge >= 0.3 is 0 Å². The number of amides is 3. The Morgan fingerprint density at radius 1 is 1.14 bits per heavy atom. The van der Waals surface area contributed by atoms with Crippen LogP contribution in [0.3, 0.4) is 0 Å². The number of imide groups is 1. The molecule has 29 heavy (non-hydrogen) atoms. The van der Waals surface area contributed by atoms with E-state index in [1.54, 1.807) is 4.90 Å². The van der Waals surface area contributed by atoms with Gasteiger partial charge in [0.25, 0.3) is 5.91 Å². The summed E-state index contributed by atoms with van der Waals surface area (Å²) in [6.45, 7) is 1.44. The summed E-state index contributed by atoms with van der Waals surface area (Å²) in [4.78, 5) is 38.0. The number of fused-ring (bicyclic) bond motifs is 1. The van der Waals surface area contributed by atoms with Crippen LogP contribution in [0, 0.1) is 0 Å². The first kappa shape index (κ1) is 19.3. The predicted molar refractivity (Wildman–Crippen MR) is 108 cm³/mol. The Hall–Kier alpha value is -3.03. The first-order valence-electron chi connectivity index (χ1n) is 9.81. The quantitative estimate of drug-likeness (QED) is 0.642. The SMILES string of the molecule is NC[C@@H](NCc1ccc2c(c1)C(=O)N(C1CCC(=O)NC1=O)C2)c1ccccc1. The molecule has 7 nitrogen and oxygen atoms in total. The van der Waals surface area contributed by atoms with Crippen LogP contribution < -0.4 is 16.4 Å². The Morgan fingerprint density at radius 2 is 1.93 bits per heavy atom. The normalized spacial score (nSPS) is 19.8. The van der Waals surface area contributed by atoms with Crippen molar-refractivity contribution < 1.29 is 14.4 Å². The lowest BCUT2D eigenvalue weighted by atomic mass is 10.0. The predicted octanol–water partition coefficient (Wildman–Crippen LogP) is 1.24. The molecule has 1 saturated heterocycles. The van der Waals surface area contributed by atoms with Crippen LogP contribution in [0.1, 0.15) is 45.9 Å². The molecule has 150 valence electrons. The largest absolute Gasteiger partial charge is 0.329 e. The second-order valence-electron chi connectivity index (χ2n) is 7.47. The number of carbonyl (C=O) groups is 3. The van der Waals surface area contributed by atoms with E-state index in [1.165, 1.54) is 0 Å². The van der Waals surface area contributed by atoms with E-state index in [0.29, 0.717) is 31.6 Å². The summed E-state index contributed by atoms with van der Waals surface area (Å²) in [5, 5.41) is 5.77. The number of piperidine rings is 1. The van der Waals surface area contributed by atoms with Crippen LogP contribution in [-0.4, -0.2) is 35.2 Å². The first-order chi connectivity index (χ1) is 14.1. The van der Waals surface area contributed by atoms with Crippen molar-refractivity contribution in [1.82, 2.24) is 15.5 Å². The minimum Gasteiger partial charge on any atom is -0.329 e. The average molecular weight is 392 g/mol. The van der Waals surface area contributed by atoms with E-state index in [4.69, 9.17) is 5.73 Å². The molecule has 2 aliphatic heterocycles. The summed E-state index contributed by atoms with van der Waals surface area (Å²) in [7, 11) is 0. The molecule has 0 spiro atoms. The van der Waals surface area contributed by atoms with Gasteiger partial charge in [0.05, 0.1) is 0 Å². The maximum Gasteiger partial charge on any atom is 0.255 e. The third-order valence-corrected chi connectivity index (χ3v) is 5.58. The fraction of sp³-hybridized carbons (Fsp3) is 0.318. The van der Waals surface area contributed by atoms with Crippen molar-refractivity contribution in [1.29, 1.82) is 0 Å². The lowest BCUT2D eigenvalue weighted by Crippen LogP contribution is -2.52. The summed E-state index contributed by atoms with van der Waals surface area (Å²) in [5.41, 5.74) is 9.55. The van der Waals surface area contributed by atoms with Crippen LogP contribution in [-0.2, 0) is 22.7 Å². The second-order valence-corrected chi connectivity index (χ2v) is 7.47. The standard InChI is InChI=1S/C22H24N4O3/c23-11-18(15-4-2-1-3-5-15)24-12-14-6-7-16-13-26(22(29)17(16)10-14)19-8-9-20(27)25-21(19)28/h1-7,10,18-19,24H,8-9,11-13,23H2,(H,25,27,28)/t18-,19?/m1/s1. The van der Waals surface area contributed by atoms with Crippen molar-refractivity contribution in [3.05, 3.63) is 70.8 Å². The number of hydrogen-bond acceptors (Lipinski definition) is 5. The molecule has 4 rings (SSSR count). The van der Waals surface area contributed by atoms with Crippen molar-refractivity contribution >= 4 is 17.7 Å². The van der Waals surface area contributed by atoms with E-state index in [2.05, 4.69) is 10.6 Å². The summed E-state index contributed by atoms with van der Waals surface area (Å²) >= 11 is 0. The fourth-order valence-electron chi connectivity index (χ4n) is 3.98. The van der Waals surface area contributed by atoms with Gasteiger partial charge in [0.1, 0.15) is 6.04 Å². The van der Waals surface area contributed by atoms with Gasteiger partial charge < -0.3 is 16.0 Å². The highest BCUT2D eigenvalue weighted by Crippen LogP contribution is 2.28. The van der Waals surface area contributed by atoms with Gasteiger partial charge in [-0.3, -0.25) is 19.7 Å². The molecule has 2 aliphatic rings. The number of rotatable bonds is 6. The first-order valence-corrected chi connectivity index (χ1v) is 9.81. The number of benzene rings is 2. The zero-order chi connectivity index (χ0) is 20.4. The van der Waals surface area contributed by atoms with Crippen LogP contribution in [0.15, 0.2) is 48.5 Å². The van der Waals surface area contributed by atoms with Crippen LogP contribution in [0.2, 0.25) is 0 Å². The minimum absolute atomic E-state index is 0.0279. The Labute approximate surface area is 169 Å². The van der Waals surface area contributed by atoms with Gasteiger partial charge in [-0.15, -0.1) is 0 Å². The molecule has 3 amide bonds. The smallest absolute Gasteiger partial charge is 0.255 e. The number of nitrogens with zero attached hydrogens (tertiary/aromatic N) is 1. The van der Waals surface area contributed by atoms with Gasteiger partial charge in [0, 0.05) is 37.7 Å². The highest BCUT2D eigenvalue weighted by Gasteiger charge is 2.39. The van der Waals surface area contributed by atoms with E-state index in [0.717, 1.165) is 16.7 Å². The topological polar surface area (TPSA) is 105 Å². The molecule has 1 unspecified atom stereocenters. The zero-order valence-electron chi connectivity index (χ0n) is 16.1.